The lowest BCUT2D eigenvalue weighted by Gasteiger charge is -2.23. The van der Waals surface area contributed by atoms with Gasteiger partial charge in [-0.3, -0.25) is 14.3 Å². The summed E-state index contributed by atoms with van der Waals surface area (Å²) in [4.78, 5) is 15.9. The molecule has 0 radical (unpaired) electrons. The van der Waals surface area contributed by atoms with Crippen molar-refractivity contribution in [2.24, 2.45) is 5.11 Å². The lowest BCUT2D eigenvalue weighted by molar-refractivity contribution is -0.124. The maximum Gasteiger partial charge on any atom is 0.251 e. The predicted molar refractivity (Wildman–Crippen MR) is 67.0 cm³/mol. The fourth-order valence-corrected chi connectivity index (χ4v) is 2.21. The Morgan fingerprint density at radius 3 is 2.90 bits per heavy atom. The van der Waals surface area contributed by atoms with Crippen LogP contribution in [0.15, 0.2) is 22.2 Å². The molecule has 0 aliphatic carbocycles. The van der Waals surface area contributed by atoms with E-state index >= 15 is 0 Å². The Morgan fingerprint density at radius 1 is 1.65 bits per heavy atom. The van der Waals surface area contributed by atoms with Crippen molar-refractivity contribution in [3.05, 3.63) is 37.8 Å². The van der Waals surface area contributed by atoms with Gasteiger partial charge in [0.1, 0.15) is 12.2 Å². The highest BCUT2D eigenvalue weighted by molar-refractivity contribution is 7.71. The highest BCUT2D eigenvalue weighted by Gasteiger charge is 2.54. The second-order valence-corrected chi connectivity index (χ2v) is 4.54. The standard InChI is InChI=1S/C9H11N5O5S/c10-13-12-9(3-15)6(18)5(17)7(19-9)14-2-1-4(16)11-8(14)20/h1-2,5-7,15,17-18H,3H2,(H,11,16,20)/t5?,6-,7-,9-/m1/s1. The molecular weight excluding hydrogens is 290 g/mol. The van der Waals surface area contributed by atoms with E-state index in [2.05, 4.69) is 15.0 Å². The van der Waals surface area contributed by atoms with Crippen molar-refractivity contribution < 1.29 is 20.1 Å². The minimum Gasteiger partial charge on any atom is -0.393 e. The van der Waals surface area contributed by atoms with Crippen LogP contribution in [0, 0.1) is 4.77 Å². The molecule has 0 bridgehead atoms. The van der Waals surface area contributed by atoms with Crippen LogP contribution in [0.1, 0.15) is 6.23 Å². The number of nitrogens with one attached hydrogen (secondary N) is 1. The number of aliphatic hydroxyl groups is 3. The number of azide groups is 1. The fourth-order valence-electron chi connectivity index (χ4n) is 1.94. The molecule has 1 unspecified atom stereocenters. The number of aliphatic hydroxyl groups excluding tert-OH is 3. The summed E-state index contributed by atoms with van der Waals surface area (Å²) in [5.41, 5.74) is 6.02. The van der Waals surface area contributed by atoms with Crippen LogP contribution in [-0.2, 0) is 4.74 Å². The summed E-state index contributed by atoms with van der Waals surface area (Å²) in [6, 6.07) is 1.14. The van der Waals surface area contributed by atoms with Crippen LogP contribution in [0.3, 0.4) is 0 Å². The van der Waals surface area contributed by atoms with Crippen LogP contribution in [-0.4, -0.2) is 49.4 Å². The summed E-state index contributed by atoms with van der Waals surface area (Å²) >= 11 is 4.91. The SMILES string of the molecule is [N-]=[N+]=N[C@]1(CO)O[C@@H](n2ccc(=O)[nH]c2=S)C(O)[C@H]1O. The maximum atomic E-state index is 11.1. The summed E-state index contributed by atoms with van der Waals surface area (Å²) in [5, 5.41) is 32.3. The zero-order chi connectivity index (χ0) is 14.9. The molecule has 1 aromatic rings. The Labute approximate surface area is 116 Å². The third-order valence-corrected chi connectivity index (χ3v) is 3.28. The minimum absolute atomic E-state index is 0.0524. The van der Waals surface area contributed by atoms with Crippen LogP contribution in [0.4, 0.5) is 0 Å². The van der Waals surface area contributed by atoms with Crippen LogP contribution in [0.5, 0.6) is 0 Å². The average molecular weight is 301 g/mol. The molecule has 11 heteroatoms. The van der Waals surface area contributed by atoms with Gasteiger partial charge in [0.2, 0.25) is 5.72 Å². The van der Waals surface area contributed by atoms with Crippen LogP contribution in [0.25, 0.3) is 10.4 Å². The van der Waals surface area contributed by atoms with Crippen LogP contribution in [0.2, 0.25) is 0 Å². The summed E-state index contributed by atoms with van der Waals surface area (Å²) < 4.78 is 6.40. The van der Waals surface area contributed by atoms with E-state index in [-0.39, 0.29) is 4.77 Å². The van der Waals surface area contributed by atoms with E-state index in [1.807, 2.05) is 0 Å². The van der Waals surface area contributed by atoms with Crippen LogP contribution >= 0.6 is 12.2 Å². The summed E-state index contributed by atoms with van der Waals surface area (Å²) in [7, 11) is 0. The Bertz CT molecular complexity index is 667. The molecule has 4 N–H and O–H groups in total. The van der Waals surface area contributed by atoms with Gasteiger partial charge in [-0.15, -0.1) is 0 Å². The predicted octanol–water partition coefficient (Wildman–Crippen LogP) is -0.845. The van der Waals surface area contributed by atoms with E-state index in [0.717, 1.165) is 6.07 Å². The van der Waals surface area contributed by atoms with Gasteiger partial charge in [0, 0.05) is 17.2 Å². The van der Waals surface area contributed by atoms with Gasteiger partial charge in [-0.2, -0.15) is 0 Å². The monoisotopic (exact) mass is 301 g/mol. The average Bonchev–Trinajstić information content (AvgIpc) is 2.65. The van der Waals surface area contributed by atoms with Gasteiger partial charge >= 0.3 is 0 Å². The molecule has 2 rings (SSSR count). The molecule has 1 aliphatic rings. The van der Waals surface area contributed by atoms with Gasteiger partial charge in [0.05, 0.1) is 6.61 Å². The topological polar surface area (TPSA) is 156 Å². The fraction of sp³-hybridized carbons (Fsp3) is 0.556. The number of hydrogen-bond donors (Lipinski definition) is 4. The van der Waals surface area contributed by atoms with Crippen molar-refractivity contribution in [1.29, 1.82) is 0 Å². The first-order valence-corrected chi connectivity index (χ1v) is 5.88. The number of rotatable bonds is 3. The van der Waals surface area contributed by atoms with Crippen molar-refractivity contribution in [1.82, 2.24) is 9.55 Å². The lowest BCUT2D eigenvalue weighted by atomic mass is 10.1. The Balaban J connectivity index is 2.47. The van der Waals surface area contributed by atoms with Gasteiger partial charge in [0.15, 0.2) is 11.0 Å². The van der Waals surface area contributed by atoms with Crippen molar-refractivity contribution >= 4 is 12.2 Å². The van der Waals surface area contributed by atoms with Gasteiger partial charge in [-0.25, -0.2) is 0 Å². The van der Waals surface area contributed by atoms with Gasteiger partial charge in [-0.1, -0.05) is 5.11 Å². The molecule has 0 aromatic carbocycles. The zero-order valence-corrected chi connectivity index (χ0v) is 10.8. The number of aromatic amines is 1. The number of hydrogen-bond acceptors (Lipinski definition) is 7. The molecule has 1 aliphatic heterocycles. The van der Waals surface area contributed by atoms with E-state index in [1.54, 1.807) is 0 Å². The molecule has 1 fully saturated rings. The summed E-state index contributed by atoms with van der Waals surface area (Å²) in [6.07, 6.45) is -3.12. The van der Waals surface area contributed by atoms with Gasteiger partial charge in [0.25, 0.3) is 5.56 Å². The summed E-state index contributed by atoms with van der Waals surface area (Å²) in [6.45, 7) is -0.831. The molecule has 20 heavy (non-hydrogen) atoms. The first-order chi connectivity index (χ1) is 9.45. The van der Waals surface area contributed by atoms with Crippen molar-refractivity contribution in [2.45, 2.75) is 24.2 Å². The van der Waals surface area contributed by atoms with Gasteiger partial charge in [-0.05, 0) is 17.7 Å². The number of nitrogens with zero attached hydrogens (tertiary/aromatic N) is 4. The Morgan fingerprint density at radius 2 is 2.35 bits per heavy atom. The second-order valence-electron chi connectivity index (χ2n) is 4.15. The molecule has 2 heterocycles. The number of ether oxygens (including phenoxy) is 1. The van der Waals surface area contributed by atoms with E-state index in [1.165, 1.54) is 10.8 Å². The highest BCUT2D eigenvalue weighted by atomic mass is 32.1. The lowest BCUT2D eigenvalue weighted by Crippen LogP contribution is -2.44. The molecular formula is C9H11N5O5S. The highest BCUT2D eigenvalue weighted by Crippen LogP contribution is 2.38. The quantitative estimate of drug-likeness (QED) is 0.246. The van der Waals surface area contributed by atoms with E-state index < -0.39 is 36.3 Å². The molecule has 4 atom stereocenters. The third-order valence-electron chi connectivity index (χ3n) is 2.97. The normalized spacial score (nSPS) is 32.9. The number of H-pyrrole nitrogens is 1. The largest absolute Gasteiger partial charge is 0.393 e. The molecule has 0 saturated carbocycles. The van der Waals surface area contributed by atoms with E-state index in [0.29, 0.717) is 0 Å². The second kappa shape index (κ2) is 5.32. The minimum atomic E-state index is -2.01. The maximum absolute atomic E-state index is 11.1. The summed E-state index contributed by atoms with van der Waals surface area (Å²) in [5.74, 6) is 0. The first-order valence-electron chi connectivity index (χ1n) is 5.48. The Kier molecular flexibility index (Phi) is 3.90. The van der Waals surface area contributed by atoms with Crippen LogP contribution < -0.4 is 5.56 Å². The zero-order valence-electron chi connectivity index (χ0n) is 9.95. The van der Waals surface area contributed by atoms with Crippen molar-refractivity contribution in [2.75, 3.05) is 6.61 Å². The van der Waals surface area contributed by atoms with Crippen molar-refractivity contribution in [3.63, 3.8) is 0 Å². The number of aromatic nitrogens is 2. The van der Waals surface area contributed by atoms with E-state index in [9.17, 15) is 20.1 Å². The van der Waals surface area contributed by atoms with E-state index in [4.69, 9.17) is 22.5 Å². The molecule has 0 spiro atoms. The molecule has 10 nitrogen and oxygen atoms in total. The first kappa shape index (κ1) is 14.7. The molecule has 1 saturated heterocycles. The molecule has 1 aromatic heterocycles. The smallest absolute Gasteiger partial charge is 0.251 e. The molecule has 108 valence electrons. The third kappa shape index (κ3) is 2.22. The Hall–Kier alpha value is -1.75. The van der Waals surface area contributed by atoms with Crippen molar-refractivity contribution in [3.8, 4) is 0 Å². The van der Waals surface area contributed by atoms with Gasteiger partial charge < -0.3 is 20.1 Å². The molecule has 0 amide bonds.